The summed E-state index contributed by atoms with van der Waals surface area (Å²) in [5.74, 6) is 0.748. The molecule has 7 heteroatoms. The number of pyridine rings is 1. The molecule has 1 aliphatic rings. The molecule has 2 aromatic rings. The van der Waals surface area contributed by atoms with E-state index in [0.717, 1.165) is 4.88 Å². The number of halogens is 1. The zero-order chi connectivity index (χ0) is 15.5. The maximum atomic E-state index is 12.3. The first-order valence-corrected chi connectivity index (χ1v) is 8.08. The average molecular weight is 333 g/mol. The minimum atomic E-state index is 0.0773. The van der Waals surface area contributed by atoms with Crippen molar-refractivity contribution in [2.45, 2.75) is 0 Å². The number of nitriles is 1. The summed E-state index contributed by atoms with van der Waals surface area (Å²) in [6, 6.07) is 7.37. The van der Waals surface area contributed by atoms with Crippen LogP contribution in [0.2, 0.25) is 5.02 Å². The van der Waals surface area contributed by atoms with Gasteiger partial charge in [-0.15, -0.1) is 11.3 Å². The fourth-order valence-corrected chi connectivity index (χ4v) is 3.38. The second kappa shape index (κ2) is 6.34. The number of rotatable bonds is 2. The Kier molecular flexibility index (Phi) is 4.27. The lowest BCUT2D eigenvalue weighted by Crippen LogP contribution is -2.49. The monoisotopic (exact) mass is 332 g/mol. The van der Waals surface area contributed by atoms with Gasteiger partial charge in [-0.25, -0.2) is 4.98 Å². The Bertz CT molecular complexity index is 718. The second-order valence-corrected chi connectivity index (χ2v) is 6.25. The van der Waals surface area contributed by atoms with Gasteiger partial charge in [-0.05, 0) is 17.5 Å². The van der Waals surface area contributed by atoms with Crippen LogP contribution >= 0.6 is 22.9 Å². The summed E-state index contributed by atoms with van der Waals surface area (Å²) >= 11 is 7.65. The summed E-state index contributed by atoms with van der Waals surface area (Å²) in [6.45, 7) is 2.62. The van der Waals surface area contributed by atoms with Gasteiger partial charge in [0.2, 0.25) is 0 Å². The Morgan fingerprint density at radius 2 is 2.14 bits per heavy atom. The van der Waals surface area contributed by atoms with Crippen LogP contribution in [0.15, 0.2) is 29.8 Å². The number of hydrogen-bond donors (Lipinski definition) is 0. The molecule has 0 atom stereocenters. The number of carbonyl (C=O) groups is 1. The maximum absolute atomic E-state index is 12.3. The molecular weight excluding hydrogens is 320 g/mol. The van der Waals surface area contributed by atoms with E-state index in [9.17, 15) is 4.79 Å². The normalized spacial score (nSPS) is 14.7. The fourth-order valence-electron chi connectivity index (χ4n) is 2.40. The summed E-state index contributed by atoms with van der Waals surface area (Å²) in [6.07, 6.45) is 1.52. The summed E-state index contributed by atoms with van der Waals surface area (Å²) in [5.41, 5.74) is 0.445. The van der Waals surface area contributed by atoms with E-state index in [1.807, 2.05) is 33.4 Å². The number of aromatic nitrogens is 1. The summed E-state index contributed by atoms with van der Waals surface area (Å²) < 4.78 is 0. The van der Waals surface area contributed by atoms with Gasteiger partial charge in [-0.3, -0.25) is 4.79 Å². The molecule has 2 aromatic heterocycles. The van der Waals surface area contributed by atoms with Gasteiger partial charge >= 0.3 is 0 Å². The van der Waals surface area contributed by atoms with Gasteiger partial charge in [0.25, 0.3) is 5.91 Å². The minimum Gasteiger partial charge on any atom is -0.352 e. The third-order valence-corrected chi connectivity index (χ3v) is 4.69. The van der Waals surface area contributed by atoms with Crippen molar-refractivity contribution in [1.82, 2.24) is 9.88 Å². The first kappa shape index (κ1) is 14.8. The van der Waals surface area contributed by atoms with E-state index < -0.39 is 0 Å². The Hall–Kier alpha value is -2.10. The van der Waals surface area contributed by atoms with Gasteiger partial charge in [-0.1, -0.05) is 17.7 Å². The van der Waals surface area contributed by atoms with Gasteiger partial charge in [0, 0.05) is 32.4 Å². The highest BCUT2D eigenvalue weighted by Gasteiger charge is 2.24. The van der Waals surface area contributed by atoms with Crippen molar-refractivity contribution in [2.24, 2.45) is 0 Å². The largest absolute Gasteiger partial charge is 0.352 e. The molecule has 3 rings (SSSR count). The molecule has 1 saturated heterocycles. The molecule has 22 heavy (non-hydrogen) atoms. The molecule has 5 nitrogen and oxygen atoms in total. The van der Waals surface area contributed by atoms with Crippen molar-refractivity contribution >= 4 is 34.7 Å². The number of thiophene rings is 1. The van der Waals surface area contributed by atoms with Crippen LogP contribution in [0.4, 0.5) is 5.82 Å². The van der Waals surface area contributed by atoms with Crippen LogP contribution < -0.4 is 4.90 Å². The van der Waals surface area contributed by atoms with Crippen molar-refractivity contribution in [3.63, 3.8) is 0 Å². The lowest BCUT2D eigenvalue weighted by atomic mass is 10.2. The first-order chi connectivity index (χ1) is 10.7. The maximum Gasteiger partial charge on any atom is 0.264 e. The van der Waals surface area contributed by atoms with Gasteiger partial charge < -0.3 is 9.80 Å². The number of amides is 1. The zero-order valence-corrected chi connectivity index (χ0v) is 13.3. The summed E-state index contributed by atoms with van der Waals surface area (Å²) in [5, 5.41) is 11.2. The molecule has 0 unspecified atom stereocenters. The summed E-state index contributed by atoms with van der Waals surface area (Å²) in [7, 11) is 0. The Morgan fingerprint density at radius 1 is 1.36 bits per heavy atom. The molecule has 0 N–H and O–H groups in total. The molecule has 0 aromatic carbocycles. The van der Waals surface area contributed by atoms with Crippen molar-refractivity contribution in [3.8, 4) is 6.07 Å². The fraction of sp³-hybridized carbons (Fsp3) is 0.267. The molecule has 0 aliphatic carbocycles. The van der Waals surface area contributed by atoms with Crippen molar-refractivity contribution in [1.29, 1.82) is 5.26 Å². The first-order valence-electron chi connectivity index (χ1n) is 6.82. The van der Waals surface area contributed by atoms with Crippen molar-refractivity contribution < 1.29 is 4.79 Å². The van der Waals surface area contributed by atoms with E-state index >= 15 is 0 Å². The Balaban J connectivity index is 1.67. The van der Waals surface area contributed by atoms with E-state index in [4.69, 9.17) is 16.9 Å². The molecule has 1 aliphatic heterocycles. The van der Waals surface area contributed by atoms with E-state index in [1.54, 1.807) is 6.07 Å². The molecule has 112 valence electrons. The summed E-state index contributed by atoms with van der Waals surface area (Å²) in [4.78, 5) is 21.2. The molecule has 0 spiro atoms. The number of nitrogens with zero attached hydrogens (tertiary/aromatic N) is 4. The van der Waals surface area contributed by atoms with E-state index in [-0.39, 0.29) is 5.91 Å². The van der Waals surface area contributed by atoms with Gasteiger partial charge in [0.1, 0.15) is 11.9 Å². The minimum absolute atomic E-state index is 0.0773. The molecule has 3 heterocycles. The average Bonchev–Trinajstić information content (AvgIpc) is 3.08. The molecule has 1 amide bonds. The number of anilines is 1. The molecule has 1 fully saturated rings. The zero-order valence-electron chi connectivity index (χ0n) is 11.7. The van der Waals surface area contributed by atoms with Crippen LogP contribution in [0.3, 0.4) is 0 Å². The van der Waals surface area contributed by atoms with Crippen LogP contribution in [-0.2, 0) is 0 Å². The van der Waals surface area contributed by atoms with Crippen LogP contribution in [0, 0.1) is 11.3 Å². The quantitative estimate of drug-likeness (QED) is 0.848. The number of carbonyl (C=O) groups excluding carboxylic acids is 1. The molecular formula is C15H13ClN4OS. The lowest BCUT2D eigenvalue weighted by Gasteiger charge is -2.35. The van der Waals surface area contributed by atoms with Crippen molar-refractivity contribution in [3.05, 3.63) is 45.2 Å². The van der Waals surface area contributed by atoms with E-state index in [0.29, 0.717) is 42.6 Å². The second-order valence-electron chi connectivity index (χ2n) is 4.90. The predicted molar refractivity (Wildman–Crippen MR) is 86.4 cm³/mol. The van der Waals surface area contributed by atoms with E-state index in [1.165, 1.54) is 17.5 Å². The predicted octanol–water partition coefficient (Wildman–Crippen LogP) is 2.63. The van der Waals surface area contributed by atoms with Gasteiger partial charge in [0.05, 0.1) is 15.5 Å². The van der Waals surface area contributed by atoms with Gasteiger partial charge in [-0.2, -0.15) is 5.26 Å². The van der Waals surface area contributed by atoms with Crippen LogP contribution in [0.1, 0.15) is 15.2 Å². The van der Waals surface area contributed by atoms with Crippen LogP contribution in [0.5, 0.6) is 0 Å². The highest BCUT2D eigenvalue weighted by atomic mass is 35.5. The molecule has 0 bridgehead atoms. The molecule has 0 radical (unpaired) electrons. The number of piperazine rings is 1. The van der Waals surface area contributed by atoms with Crippen molar-refractivity contribution in [2.75, 3.05) is 31.1 Å². The van der Waals surface area contributed by atoms with E-state index in [2.05, 4.69) is 4.98 Å². The highest BCUT2D eigenvalue weighted by molar-refractivity contribution is 7.12. The molecule has 0 saturated carbocycles. The Labute approximate surface area is 137 Å². The third-order valence-electron chi connectivity index (χ3n) is 3.55. The van der Waals surface area contributed by atoms with Gasteiger partial charge in [0.15, 0.2) is 0 Å². The number of hydrogen-bond acceptors (Lipinski definition) is 5. The topological polar surface area (TPSA) is 60.2 Å². The van der Waals surface area contributed by atoms with Crippen LogP contribution in [0.25, 0.3) is 0 Å². The Morgan fingerprint density at radius 3 is 2.73 bits per heavy atom. The smallest absolute Gasteiger partial charge is 0.264 e. The highest BCUT2D eigenvalue weighted by Crippen LogP contribution is 2.25. The SMILES string of the molecule is N#Cc1cnc(N2CCN(C(=O)c3cccs3)CC2)c(Cl)c1. The lowest BCUT2D eigenvalue weighted by molar-refractivity contribution is 0.0751. The third kappa shape index (κ3) is 2.91. The standard InChI is InChI=1S/C15H13ClN4OS/c16-12-8-11(9-17)10-18-14(12)19-3-5-20(6-4-19)15(21)13-2-1-7-22-13/h1-2,7-8,10H,3-6H2. The van der Waals surface area contributed by atoms with Crippen LogP contribution in [-0.4, -0.2) is 42.0 Å².